The van der Waals surface area contributed by atoms with Crippen LogP contribution in [-0.2, 0) is 13.0 Å². The van der Waals surface area contributed by atoms with E-state index in [4.69, 9.17) is 14.9 Å². The first-order valence-electron chi connectivity index (χ1n) is 6.24. The summed E-state index contributed by atoms with van der Waals surface area (Å²) in [4.78, 5) is 11.0. The molecule has 0 saturated carbocycles. The molecular formula is C13H13N3O4S. The molecule has 0 atom stereocenters. The maximum atomic E-state index is 11.2. The molecule has 3 rings (SSSR count). The molecule has 0 fully saturated rings. The zero-order valence-corrected chi connectivity index (χ0v) is 12.3. The van der Waals surface area contributed by atoms with Crippen molar-refractivity contribution >= 4 is 16.3 Å². The zero-order chi connectivity index (χ0) is 15.1. The van der Waals surface area contributed by atoms with Gasteiger partial charge in [-0.15, -0.1) is 0 Å². The molecule has 0 radical (unpaired) electrons. The molecule has 21 heavy (non-hydrogen) atoms. The van der Waals surface area contributed by atoms with E-state index in [0.29, 0.717) is 30.2 Å². The molecule has 0 aliphatic carbocycles. The summed E-state index contributed by atoms with van der Waals surface area (Å²) in [5, 5.41) is 19.1. The fourth-order valence-electron chi connectivity index (χ4n) is 2.59. The third-order valence-corrected chi connectivity index (χ3v) is 4.50. The highest BCUT2D eigenvalue weighted by Gasteiger charge is 2.30. The molecule has 0 saturated heterocycles. The number of hydrogen-bond donors (Lipinski definition) is 1. The lowest BCUT2D eigenvalue weighted by Gasteiger charge is -2.20. The fourth-order valence-corrected chi connectivity index (χ4v) is 3.46. The van der Waals surface area contributed by atoms with Gasteiger partial charge < -0.3 is 14.0 Å². The van der Waals surface area contributed by atoms with E-state index in [1.54, 1.807) is 17.7 Å². The van der Waals surface area contributed by atoms with Gasteiger partial charge in [0.25, 0.3) is 0 Å². The highest BCUT2D eigenvalue weighted by Crippen LogP contribution is 2.42. The normalized spacial score (nSPS) is 12.5. The Morgan fingerprint density at radius 3 is 2.62 bits per heavy atom. The van der Waals surface area contributed by atoms with E-state index in [9.17, 15) is 10.1 Å². The molecule has 0 unspecified atom stereocenters. The number of nitrogens with one attached hydrogen (secondary N) is 1. The summed E-state index contributed by atoms with van der Waals surface area (Å²) >= 11 is 0.884. The molecule has 7 nitrogen and oxygen atoms in total. The van der Waals surface area contributed by atoms with Crippen LogP contribution in [0.25, 0.3) is 11.3 Å². The zero-order valence-electron chi connectivity index (χ0n) is 11.5. The van der Waals surface area contributed by atoms with Crippen LogP contribution in [-0.4, -0.2) is 23.7 Å². The summed E-state index contributed by atoms with van der Waals surface area (Å²) in [5.41, 5.74) is 2.19. The molecule has 110 valence electrons. The second-order valence-corrected chi connectivity index (χ2v) is 5.56. The van der Waals surface area contributed by atoms with Crippen molar-refractivity contribution in [3.05, 3.63) is 32.6 Å². The van der Waals surface area contributed by atoms with Crippen LogP contribution in [0.3, 0.4) is 0 Å². The van der Waals surface area contributed by atoms with Crippen LogP contribution in [0.4, 0.5) is 5.00 Å². The van der Waals surface area contributed by atoms with Crippen molar-refractivity contribution in [2.24, 2.45) is 0 Å². The SMILES string of the molecule is COc1cc2c(cc1OC)-c1c([N+](=O)[O-])sc(=N)n1CC2. The topological polar surface area (TPSA) is 90.4 Å². The Morgan fingerprint density at radius 2 is 2.00 bits per heavy atom. The number of hydrogen-bond acceptors (Lipinski definition) is 6. The Hall–Kier alpha value is -2.35. The Morgan fingerprint density at radius 1 is 1.33 bits per heavy atom. The average molecular weight is 307 g/mol. The second kappa shape index (κ2) is 4.88. The number of thiazole rings is 1. The van der Waals surface area contributed by atoms with E-state index in [1.165, 1.54) is 7.11 Å². The standard InChI is InChI=1S/C13H13N3O4S/c1-19-9-5-7-3-4-15-11(8(7)6-10(9)20-2)12(16(17)18)21-13(15)14/h5-6,14H,3-4H2,1-2H3. The lowest BCUT2D eigenvalue weighted by Crippen LogP contribution is -2.20. The van der Waals surface area contributed by atoms with Gasteiger partial charge in [0.15, 0.2) is 16.3 Å². The van der Waals surface area contributed by atoms with Gasteiger partial charge in [-0.25, -0.2) is 0 Å². The number of ether oxygens (including phenoxy) is 2. The minimum absolute atomic E-state index is 0.00632. The van der Waals surface area contributed by atoms with E-state index in [0.717, 1.165) is 22.5 Å². The van der Waals surface area contributed by atoms with E-state index in [-0.39, 0.29) is 9.80 Å². The first-order chi connectivity index (χ1) is 10.1. The maximum Gasteiger partial charge on any atom is 0.351 e. The van der Waals surface area contributed by atoms with E-state index >= 15 is 0 Å². The van der Waals surface area contributed by atoms with Gasteiger partial charge in [-0.05, 0) is 35.5 Å². The van der Waals surface area contributed by atoms with Gasteiger partial charge in [-0.3, -0.25) is 15.5 Å². The number of nitro groups is 1. The number of fused-ring (bicyclic) bond motifs is 3. The maximum absolute atomic E-state index is 11.2. The quantitative estimate of drug-likeness (QED) is 0.695. The number of aryl methyl sites for hydroxylation is 1. The Labute approximate surface area is 124 Å². The average Bonchev–Trinajstić information content (AvgIpc) is 2.83. The van der Waals surface area contributed by atoms with Crippen LogP contribution in [0.15, 0.2) is 12.1 Å². The molecule has 1 aromatic heterocycles. The Bertz CT molecular complexity index is 793. The third kappa shape index (κ3) is 1.99. The summed E-state index contributed by atoms with van der Waals surface area (Å²) in [7, 11) is 3.08. The molecule has 2 heterocycles. The molecule has 1 aromatic carbocycles. The molecule has 8 heteroatoms. The highest BCUT2D eigenvalue weighted by molar-refractivity contribution is 7.13. The van der Waals surface area contributed by atoms with Crippen LogP contribution in [0.1, 0.15) is 5.56 Å². The summed E-state index contributed by atoms with van der Waals surface area (Å²) in [6, 6.07) is 3.60. The lowest BCUT2D eigenvalue weighted by molar-refractivity contribution is -0.379. The van der Waals surface area contributed by atoms with Crippen molar-refractivity contribution < 1.29 is 14.4 Å². The predicted octanol–water partition coefficient (Wildman–Crippen LogP) is 2.18. The molecule has 1 aliphatic rings. The Balaban J connectivity index is 2.31. The monoisotopic (exact) mass is 307 g/mol. The van der Waals surface area contributed by atoms with Crippen LogP contribution < -0.4 is 14.3 Å². The molecular weight excluding hydrogens is 294 g/mol. The summed E-state index contributed by atoms with van der Waals surface area (Å²) in [6.07, 6.45) is 0.702. The van der Waals surface area contributed by atoms with Crippen molar-refractivity contribution in [3.63, 3.8) is 0 Å². The first kappa shape index (κ1) is 13.6. The number of benzene rings is 1. The summed E-state index contributed by atoms with van der Waals surface area (Å²) < 4.78 is 12.2. The van der Waals surface area contributed by atoms with Gasteiger partial charge in [-0.1, -0.05) is 0 Å². The van der Waals surface area contributed by atoms with Gasteiger partial charge in [0.2, 0.25) is 0 Å². The molecule has 1 N–H and O–H groups in total. The number of rotatable bonds is 3. The van der Waals surface area contributed by atoms with Gasteiger partial charge in [0.1, 0.15) is 5.69 Å². The van der Waals surface area contributed by atoms with Crippen molar-refractivity contribution in [1.29, 1.82) is 5.41 Å². The van der Waals surface area contributed by atoms with Crippen LogP contribution >= 0.6 is 11.3 Å². The lowest BCUT2D eigenvalue weighted by atomic mass is 9.97. The predicted molar refractivity (Wildman–Crippen MR) is 77.1 cm³/mol. The summed E-state index contributed by atoms with van der Waals surface area (Å²) in [6.45, 7) is 0.557. The van der Waals surface area contributed by atoms with E-state index < -0.39 is 4.92 Å². The van der Waals surface area contributed by atoms with Crippen molar-refractivity contribution in [3.8, 4) is 22.8 Å². The third-order valence-electron chi connectivity index (χ3n) is 3.55. The minimum Gasteiger partial charge on any atom is -0.493 e. The van der Waals surface area contributed by atoms with Crippen LogP contribution in [0.2, 0.25) is 0 Å². The minimum atomic E-state index is -0.430. The second-order valence-electron chi connectivity index (χ2n) is 4.58. The number of nitrogens with zero attached hydrogens (tertiary/aromatic N) is 2. The summed E-state index contributed by atoms with van der Waals surface area (Å²) in [5.74, 6) is 1.13. The number of methoxy groups -OCH3 is 2. The van der Waals surface area contributed by atoms with Crippen LogP contribution in [0, 0.1) is 15.5 Å². The van der Waals surface area contributed by atoms with Crippen LogP contribution in [0.5, 0.6) is 11.5 Å². The first-order valence-corrected chi connectivity index (χ1v) is 7.06. The molecule has 2 aromatic rings. The highest BCUT2D eigenvalue weighted by atomic mass is 32.1. The van der Waals surface area contributed by atoms with Gasteiger partial charge >= 0.3 is 5.00 Å². The van der Waals surface area contributed by atoms with Gasteiger partial charge in [0.05, 0.1) is 19.1 Å². The fraction of sp³-hybridized carbons (Fsp3) is 0.308. The van der Waals surface area contributed by atoms with Crippen molar-refractivity contribution in [1.82, 2.24) is 4.57 Å². The molecule has 0 amide bonds. The van der Waals surface area contributed by atoms with E-state index in [1.807, 2.05) is 6.07 Å². The van der Waals surface area contributed by atoms with Gasteiger partial charge in [0, 0.05) is 12.1 Å². The largest absolute Gasteiger partial charge is 0.493 e. The molecule has 1 aliphatic heterocycles. The number of aromatic nitrogens is 1. The van der Waals surface area contributed by atoms with Gasteiger partial charge in [-0.2, -0.15) is 0 Å². The smallest absolute Gasteiger partial charge is 0.351 e. The van der Waals surface area contributed by atoms with E-state index in [2.05, 4.69) is 0 Å². The Kier molecular flexibility index (Phi) is 3.17. The molecule has 0 spiro atoms. The molecule has 0 bridgehead atoms. The van der Waals surface area contributed by atoms with Crippen molar-refractivity contribution in [2.75, 3.05) is 14.2 Å². The van der Waals surface area contributed by atoms with Crippen molar-refractivity contribution in [2.45, 2.75) is 13.0 Å².